The third-order valence-electron chi connectivity index (χ3n) is 2.11. The molecule has 2 amide bonds. The minimum atomic E-state index is -1.10. The summed E-state index contributed by atoms with van der Waals surface area (Å²) in [5.74, 6) is 0. The Kier molecular flexibility index (Phi) is 4.80. The van der Waals surface area contributed by atoms with Crippen molar-refractivity contribution in [2.75, 3.05) is 11.6 Å². The predicted octanol–water partition coefficient (Wildman–Crippen LogP) is 2.06. The topological polar surface area (TPSA) is 75.6 Å². The van der Waals surface area contributed by atoms with E-state index < -0.39 is 17.2 Å². The number of hydrogen-bond donors (Lipinski definition) is 2. The monoisotopic (exact) mass is 256 g/mol. The minimum absolute atomic E-state index is 0.307. The largest absolute Gasteiger partial charge is 0.612 e. The molecule has 1 atom stereocenters. The Labute approximate surface area is 104 Å². The first-order chi connectivity index (χ1) is 7.91. The van der Waals surface area contributed by atoms with Crippen LogP contribution in [0.1, 0.15) is 13.8 Å². The smallest absolute Gasteiger partial charge is 0.345 e. The Morgan fingerprint density at radius 3 is 2.71 bits per heavy atom. The second-order valence-corrected chi connectivity index (χ2v) is 5.23. The van der Waals surface area contributed by atoms with Crippen LogP contribution in [-0.4, -0.2) is 33.2 Å². The van der Waals surface area contributed by atoms with E-state index in [1.807, 2.05) is 0 Å². The zero-order valence-corrected chi connectivity index (χ0v) is 10.8. The van der Waals surface area contributed by atoms with Gasteiger partial charge in [0.15, 0.2) is 4.90 Å². The molecule has 0 bridgehead atoms. The van der Waals surface area contributed by atoms with Gasteiger partial charge in [0.25, 0.3) is 0 Å². The molecule has 1 rings (SSSR count). The maximum absolute atomic E-state index is 11.5. The van der Waals surface area contributed by atoms with E-state index in [-0.39, 0.29) is 6.04 Å². The van der Waals surface area contributed by atoms with Gasteiger partial charge in [-0.05, 0) is 37.2 Å². The molecule has 1 aromatic rings. The number of rotatable bonds is 3. The second-order valence-electron chi connectivity index (χ2n) is 3.85. The van der Waals surface area contributed by atoms with Gasteiger partial charge in [-0.15, -0.1) is 0 Å². The van der Waals surface area contributed by atoms with E-state index >= 15 is 0 Å². The van der Waals surface area contributed by atoms with Crippen LogP contribution in [0, 0.1) is 0 Å². The standard InChI is InChI=1S/C11H16N2O3S/c1-8(2)13(15)11(14)12-9-5-4-6-10(7-9)17(3)16/h4-8,15H,1-3H3,(H,12,14). The number of nitrogens with zero attached hydrogens (tertiary/aromatic N) is 1. The average molecular weight is 256 g/mol. The number of amides is 2. The summed E-state index contributed by atoms with van der Waals surface area (Å²) < 4.78 is 11.3. The van der Waals surface area contributed by atoms with Crippen LogP contribution in [0.15, 0.2) is 29.2 Å². The van der Waals surface area contributed by atoms with E-state index in [0.29, 0.717) is 15.6 Å². The van der Waals surface area contributed by atoms with Crippen LogP contribution >= 0.6 is 0 Å². The molecule has 17 heavy (non-hydrogen) atoms. The van der Waals surface area contributed by atoms with Gasteiger partial charge in [-0.3, -0.25) is 5.21 Å². The van der Waals surface area contributed by atoms with Gasteiger partial charge in [-0.25, -0.2) is 9.86 Å². The van der Waals surface area contributed by atoms with E-state index in [9.17, 15) is 14.6 Å². The van der Waals surface area contributed by atoms with Gasteiger partial charge in [-0.2, -0.15) is 0 Å². The quantitative estimate of drug-likeness (QED) is 0.494. The zero-order valence-electron chi connectivity index (χ0n) is 10.0. The number of hydrogen-bond acceptors (Lipinski definition) is 3. The van der Waals surface area contributed by atoms with E-state index in [1.54, 1.807) is 44.4 Å². The first kappa shape index (κ1) is 13.8. The Balaban J connectivity index is 2.75. The van der Waals surface area contributed by atoms with E-state index in [2.05, 4.69) is 5.32 Å². The molecule has 0 radical (unpaired) electrons. The number of benzene rings is 1. The molecule has 0 saturated carbocycles. The Morgan fingerprint density at radius 1 is 1.53 bits per heavy atom. The SMILES string of the molecule is CC(C)N(O)C(=O)Nc1cccc([S+](C)[O-])c1. The van der Waals surface area contributed by atoms with Crippen LogP contribution in [0.5, 0.6) is 0 Å². The van der Waals surface area contributed by atoms with Crippen molar-refractivity contribution in [2.24, 2.45) is 0 Å². The molecule has 0 aliphatic carbocycles. The molecule has 5 nitrogen and oxygen atoms in total. The highest BCUT2D eigenvalue weighted by molar-refractivity contribution is 7.90. The Bertz CT molecular complexity index is 396. The molecule has 0 aromatic heterocycles. The van der Waals surface area contributed by atoms with Crippen LogP contribution in [-0.2, 0) is 11.2 Å². The highest BCUT2D eigenvalue weighted by Gasteiger charge is 2.14. The highest BCUT2D eigenvalue weighted by Crippen LogP contribution is 2.15. The van der Waals surface area contributed by atoms with Gasteiger partial charge < -0.3 is 9.87 Å². The van der Waals surface area contributed by atoms with Crippen LogP contribution in [0.25, 0.3) is 0 Å². The van der Waals surface area contributed by atoms with Gasteiger partial charge >= 0.3 is 6.03 Å². The Morgan fingerprint density at radius 2 is 2.18 bits per heavy atom. The maximum Gasteiger partial charge on any atom is 0.345 e. The lowest BCUT2D eigenvalue weighted by Crippen LogP contribution is -2.37. The summed E-state index contributed by atoms with van der Waals surface area (Å²) in [5, 5.41) is 12.5. The molecule has 0 saturated heterocycles. The summed E-state index contributed by atoms with van der Waals surface area (Å²) in [6, 6.07) is 5.77. The molecule has 1 aromatic carbocycles. The summed E-state index contributed by atoms with van der Waals surface area (Å²) in [6.07, 6.45) is 1.56. The summed E-state index contributed by atoms with van der Waals surface area (Å²) in [6.45, 7) is 3.38. The molecule has 0 aliphatic heterocycles. The molecule has 0 aliphatic rings. The van der Waals surface area contributed by atoms with E-state index in [4.69, 9.17) is 0 Å². The fourth-order valence-corrected chi connectivity index (χ4v) is 1.73. The summed E-state index contributed by atoms with van der Waals surface area (Å²) in [4.78, 5) is 12.1. The number of nitrogens with one attached hydrogen (secondary N) is 1. The van der Waals surface area contributed by atoms with Crippen LogP contribution in [0.3, 0.4) is 0 Å². The van der Waals surface area contributed by atoms with E-state index in [0.717, 1.165) is 0 Å². The molecule has 0 fully saturated rings. The molecule has 94 valence electrons. The van der Waals surface area contributed by atoms with Crippen molar-refractivity contribution in [2.45, 2.75) is 24.8 Å². The van der Waals surface area contributed by atoms with Crippen molar-refractivity contribution in [3.05, 3.63) is 24.3 Å². The van der Waals surface area contributed by atoms with Gasteiger partial charge in [0.1, 0.15) is 6.26 Å². The molecule has 1 unspecified atom stereocenters. The third kappa shape index (κ3) is 3.92. The van der Waals surface area contributed by atoms with Crippen LogP contribution in [0.4, 0.5) is 10.5 Å². The summed E-state index contributed by atoms with van der Waals surface area (Å²) in [7, 11) is 0. The first-order valence-electron chi connectivity index (χ1n) is 5.14. The first-order valence-corrected chi connectivity index (χ1v) is 6.70. The lowest BCUT2D eigenvalue weighted by Gasteiger charge is -2.19. The molecule has 0 spiro atoms. The van der Waals surface area contributed by atoms with Crippen molar-refractivity contribution in [1.29, 1.82) is 0 Å². The van der Waals surface area contributed by atoms with Crippen molar-refractivity contribution >= 4 is 22.9 Å². The lowest BCUT2D eigenvalue weighted by molar-refractivity contribution is -0.0622. The number of hydroxylamine groups is 2. The lowest BCUT2D eigenvalue weighted by atomic mass is 10.3. The molecule has 2 N–H and O–H groups in total. The van der Waals surface area contributed by atoms with Crippen LogP contribution < -0.4 is 5.32 Å². The third-order valence-corrected chi connectivity index (χ3v) is 3.03. The molecule has 6 heteroatoms. The highest BCUT2D eigenvalue weighted by atomic mass is 32.2. The van der Waals surface area contributed by atoms with Crippen LogP contribution in [0.2, 0.25) is 0 Å². The second kappa shape index (κ2) is 5.90. The fourth-order valence-electron chi connectivity index (χ4n) is 1.17. The van der Waals surface area contributed by atoms with E-state index in [1.165, 1.54) is 0 Å². The molecular formula is C11H16N2O3S. The number of carbonyl (C=O) groups is 1. The maximum atomic E-state index is 11.5. The van der Waals surface area contributed by atoms with Crippen molar-refractivity contribution in [1.82, 2.24) is 5.06 Å². The number of anilines is 1. The number of carbonyl (C=O) groups excluding carboxylic acids is 1. The normalized spacial score (nSPS) is 12.4. The van der Waals surface area contributed by atoms with Crippen molar-refractivity contribution < 1.29 is 14.6 Å². The van der Waals surface area contributed by atoms with Gasteiger partial charge in [-0.1, -0.05) is 6.07 Å². The van der Waals surface area contributed by atoms with Gasteiger partial charge in [0.2, 0.25) is 0 Å². The predicted molar refractivity (Wildman–Crippen MR) is 66.6 cm³/mol. The fraction of sp³-hybridized carbons (Fsp3) is 0.364. The minimum Gasteiger partial charge on any atom is -0.612 e. The average Bonchev–Trinajstić information content (AvgIpc) is 2.28. The van der Waals surface area contributed by atoms with Gasteiger partial charge in [0, 0.05) is 11.8 Å². The summed E-state index contributed by atoms with van der Waals surface area (Å²) in [5.41, 5.74) is 0.502. The Hall–Kier alpha value is -1.24. The molecule has 0 heterocycles. The zero-order chi connectivity index (χ0) is 13.0. The molecular weight excluding hydrogens is 240 g/mol. The van der Waals surface area contributed by atoms with Gasteiger partial charge in [0.05, 0.1) is 6.04 Å². The van der Waals surface area contributed by atoms with Crippen molar-refractivity contribution in [3.63, 3.8) is 0 Å². The summed E-state index contributed by atoms with van der Waals surface area (Å²) >= 11 is -1.10. The van der Waals surface area contributed by atoms with Crippen molar-refractivity contribution in [3.8, 4) is 0 Å². The number of urea groups is 1.